The standard InChI is InChI=1S/C12H13ClN2O2S2/c1-8-14-15-12(19-8)18-7-10(16)6-17-11-4-2-9(13)3-5-11/h2-5,10,16H,6-7H2,1H3. The number of aromatic nitrogens is 2. The molecule has 102 valence electrons. The summed E-state index contributed by atoms with van der Waals surface area (Å²) in [4.78, 5) is 0. The Bertz CT molecular complexity index is 519. The third-order valence-corrected chi connectivity index (χ3v) is 4.53. The van der Waals surface area contributed by atoms with Crippen LogP contribution in [-0.4, -0.2) is 33.8 Å². The van der Waals surface area contributed by atoms with E-state index < -0.39 is 6.10 Å². The van der Waals surface area contributed by atoms with Gasteiger partial charge in [0.15, 0.2) is 4.34 Å². The van der Waals surface area contributed by atoms with E-state index in [1.54, 1.807) is 24.3 Å². The number of hydrogen-bond donors (Lipinski definition) is 1. The fraction of sp³-hybridized carbons (Fsp3) is 0.333. The Morgan fingerprint density at radius 1 is 1.37 bits per heavy atom. The molecule has 1 aromatic heterocycles. The van der Waals surface area contributed by atoms with Gasteiger partial charge in [-0.05, 0) is 31.2 Å². The minimum absolute atomic E-state index is 0.242. The molecule has 1 unspecified atom stereocenters. The average molecular weight is 317 g/mol. The van der Waals surface area contributed by atoms with Crippen LogP contribution in [0.3, 0.4) is 0 Å². The molecule has 1 atom stereocenters. The van der Waals surface area contributed by atoms with Crippen LogP contribution in [0.15, 0.2) is 28.6 Å². The van der Waals surface area contributed by atoms with Crippen LogP contribution in [-0.2, 0) is 0 Å². The number of halogens is 1. The third-order valence-electron chi connectivity index (χ3n) is 2.16. The highest BCUT2D eigenvalue weighted by Crippen LogP contribution is 2.22. The van der Waals surface area contributed by atoms with E-state index in [-0.39, 0.29) is 6.61 Å². The number of aliphatic hydroxyl groups excluding tert-OH is 1. The van der Waals surface area contributed by atoms with Gasteiger partial charge in [-0.2, -0.15) is 0 Å². The third kappa shape index (κ3) is 4.99. The molecule has 0 aliphatic heterocycles. The van der Waals surface area contributed by atoms with Gasteiger partial charge in [0.25, 0.3) is 0 Å². The van der Waals surface area contributed by atoms with Crippen LogP contribution in [0.2, 0.25) is 5.02 Å². The van der Waals surface area contributed by atoms with E-state index in [0.717, 1.165) is 9.35 Å². The summed E-state index contributed by atoms with van der Waals surface area (Å²) >= 11 is 8.77. The van der Waals surface area contributed by atoms with Gasteiger partial charge < -0.3 is 9.84 Å². The Balaban J connectivity index is 1.72. The van der Waals surface area contributed by atoms with Crippen molar-refractivity contribution in [2.45, 2.75) is 17.4 Å². The first-order valence-electron chi connectivity index (χ1n) is 5.63. The molecule has 0 bridgehead atoms. The number of nitrogens with zero attached hydrogens (tertiary/aromatic N) is 2. The SMILES string of the molecule is Cc1nnc(SCC(O)COc2ccc(Cl)cc2)s1. The highest BCUT2D eigenvalue weighted by Gasteiger charge is 2.09. The topological polar surface area (TPSA) is 55.2 Å². The van der Waals surface area contributed by atoms with Gasteiger partial charge >= 0.3 is 0 Å². The van der Waals surface area contributed by atoms with Crippen LogP contribution in [0.5, 0.6) is 5.75 Å². The lowest BCUT2D eigenvalue weighted by molar-refractivity contribution is 0.126. The fourth-order valence-electron chi connectivity index (χ4n) is 1.28. The molecule has 1 N–H and O–H groups in total. The van der Waals surface area contributed by atoms with Gasteiger partial charge in [-0.3, -0.25) is 0 Å². The molecule has 0 spiro atoms. The number of hydrogen-bond acceptors (Lipinski definition) is 6. The molecule has 0 saturated heterocycles. The fourth-order valence-corrected chi connectivity index (χ4v) is 3.15. The summed E-state index contributed by atoms with van der Waals surface area (Å²) in [6, 6.07) is 7.05. The lowest BCUT2D eigenvalue weighted by Gasteiger charge is -2.11. The van der Waals surface area contributed by atoms with Crippen LogP contribution in [0.1, 0.15) is 5.01 Å². The summed E-state index contributed by atoms with van der Waals surface area (Å²) in [5.74, 6) is 1.22. The first-order chi connectivity index (χ1) is 9.13. The molecule has 1 aromatic carbocycles. The quantitative estimate of drug-likeness (QED) is 0.830. The highest BCUT2D eigenvalue weighted by molar-refractivity contribution is 8.01. The van der Waals surface area contributed by atoms with Crippen molar-refractivity contribution >= 4 is 34.7 Å². The Kier molecular flexibility index (Phi) is 5.45. The van der Waals surface area contributed by atoms with E-state index >= 15 is 0 Å². The van der Waals surface area contributed by atoms with E-state index in [1.165, 1.54) is 23.1 Å². The second-order valence-electron chi connectivity index (χ2n) is 3.82. The molecule has 0 radical (unpaired) electrons. The number of benzene rings is 1. The maximum absolute atomic E-state index is 9.82. The smallest absolute Gasteiger partial charge is 0.174 e. The van der Waals surface area contributed by atoms with Gasteiger partial charge in [0.2, 0.25) is 0 Å². The largest absolute Gasteiger partial charge is 0.491 e. The average Bonchev–Trinajstić information content (AvgIpc) is 2.81. The van der Waals surface area contributed by atoms with Gasteiger partial charge in [0.1, 0.15) is 17.4 Å². The molecule has 1 heterocycles. The summed E-state index contributed by atoms with van der Waals surface area (Å²) in [5, 5.41) is 19.3. The Morgan fingerprint density at radius 3 is 2.74 bits per heavy atom. The summed E-state index contributed by atoms with van der Waals surface area (Å²) in [6.07, 6.45) is -0.551. The van der Waals surface area contributed by atoms with Crippen molar-refractivity contribution in [2.24, 2.45) is 0 Å². The molecule has 0 amide bonds. The predicted octanol–water partition coefficient (Wildman–Crippen LogP) is 3.03. The minimum Gasteiger partial charge on any atom is -0.491 e. The second-order valence-corrected chi connectivity index (χ2v) is 6.70. The van der Waals surface area contributed by atoms with Crippen LogP contribution in [0.25, 0.3) is 0 Å². The van der Waals surface area contributed by atoms with Crippen LogP contribution in [0, 0.1) is 6.92 Å². The van der Waals surface area contributed by atoms with Crippen LogP contribution < -0.4 is 4.74 Å². The zero-order valence-electron chi connectivity index (χ0n) is 10.2. The van der Waals surface area contributed by atoms with Crippen molar-refractivity contribution in [3.05, 3.63) is 34.3 Å². The number of aryl methyl sites for hydroxylation is 1. The predicted molar refractivity (Wildman–Crippen MR) is 78.3 cm³/mol. The summed E-state index contributed by atoms with van der Waals surface area (Å²) < 4.78 is 6.33. The highest BCUT2D eigenvalue weighted by atomic mass is 35.5. The van der Waals surface area contributed by atoms with Crippen molar-refractivity contribution in [1.29, 1.82) is 0 Å². The van der Waals surface area contributed by atoms with E-state index in [1.807, 2.05) is 6.92 Å². The molecule has 7 heteroatoms. The van der Waals surface area contributed by atoms with Crippen LogP contribution in [0.4, 0.5) is 0 Å². The molecule has 0 saturated carbocycles. The van der Waals surface area contributed by atoms with Gasteiger partial charge in [-0.15, -0.1) is 10.2 Å². The van der Waals surface area contributed by atoms with Crippen LogP contribution >= 0.6 is 34.7 Å². The zero-order valence-corrected chi connectivity index (χ0v) is 12.6. The minimum atomic E-state index is -0.551. The van der Waals surface area contributed by atoms with E-state index in [4.69, 9.17) is 16.3 Å². The Morgan fingerprint density at radius 2 is 2.11 bits per heavy atom. The van der Waals surface area contributed by atoms with E-state index in [0.29, 0.717) is 16.5 Å². The molecule has 0 aliphatic carbocycles. The van der Waals surface area contributed by atoms with Gasteiger partial charge in [0, 0.05) is 10.8 Å². The lowest BCUT2D eigenvalue weighted by Crippen LogP contribution is -2.19. The molecule has 0 aliphatic rings. The Labute approximate surface area is 124 Å². The monoisotopic (exact) mass is 316 g/mol. The summed E-state index contributed by atoms with van der Waals surface area (Å²) in [5.41, 5.74) is 0. The van der Waals surface area contributed by atoms with E-state index in [9.17, 15) is 5.11 Å². The molecule has 2 aromatic rings. The van der Waals surface area contributed by atoms with Crippen molar-refractivity contribution < 1.29 is 9.84 Å². The number of rotatable bonds is 6. The van der Waals surface area contributed by atoms with Crippen molar-refractivity contribution in [1.82, 2.24) is 10.2 Å². The number of thioether (sulfide) groups is 1. The molecule has 0 fully saturated rings. The molecular weight excluding hydrogens is 304 g/mol. The Hall–Kier alpha value is -0.820. The zero-order chi connectivity index (χ0) is 13.7. The normalized spacial score (nSPS) is 12.4. The van der Waals surface area contributed by atoms with Crippen molar-refractivity contribution in [3.63, 3.8) is 0 Å². The number of aliphatic hydroxyl groups is 1. The molecule has 19 heavy (non-hydrogen) atoms. The van der Waals surface area contributed by atoms with Crippen molar-refractivity contribution in [3.8, 4) is 5.75 Å². The maximum Gasteiger partial charge on any atom is 0.174 e. The first-order valence-corrected chi connectivity index (χ1v) is 7.81. The van der Waals surface area contributed by atoms with Crippen molar-refractivity contribution in [2.75, 3.05) is 12.4 Å². The molecule has 2 rings (SSSR count). The first kappa shape index (κ1) is 14.6. The van der Waals surface area contributed by atoms with Gasteiger partial charge in [-0.25, -0.2) is 0 Å². The maximum atomic E-state index is 9.82. The summed E-state index contributed by atoms with van der Waals surface area (Å²) in [7, 11) is 0. The lowest BCUT2D eigenvalue weighted by atomic mass is 10.3. The molecular formula is C12H13ClN2O2S2. The second kappa shape index (κ2) is 7.09. The number of ether oxygens (including phenoxy) is 1. The van der Waals surface area contributed by atoms with Gasteiger partial charge in [0.05, 0.1) is 6.10 Å². The van der Waals surface area contributed by atoms with E-state index in [2.05, 4.69) is 10.2 Å². The summed E-state index contributed by atoms with van der Waals surface area (Å²) in [6.45, 7) is 2.15. The van der Waals surface area contributed by atoms with Gasteiger partial charge in [-0.1, -0.05) is 34.7 Å². The molecule has 4 nitrogen and oxygen atoms in total.